The van der Waals surface area contributed by atoms with Crippen molar-refractivity contribution >= 4 is 23.2 Å². The van der Waals surface area contributed by atoms with E-state index in [2.05, 4.69) is 31.8 Å². The monoisotopic (exact) mass is 445 g/mol. The van der Waals surface area contributed by atoms with Crippen LogP contribution in [0.2, 0.25) is 0 Å². The first-order valence-corrected chi connectivity index (χ1v) is 11.0. The molecule has 4 rings (SSSR count). The highest BCUT2D eigenvalue weighted by Crippen LogP contribution is 2.37. The summed E-state index contributed by atoms with van der Waals surface area (Å²) >= 11 is 0. The smallest absolute Gasteiger partial charge is 0.227 e. The van der Waals surface area contributed by atoms with Crippen molar-refractivity contribution < 1.29 is 9.53 Å². The second-order valence-electron chi connectivity index (χ2n) is 8.18. The highest BCUT2D eigenvalue weighted by Gasteiger charge is 2.27. The summed E-state index contributed by atoms with van der Waals surface area (Å²) in [7, 11) is 1.58. The molecule has 1 saturated carbocycles. The van der Waals surface area contributed by atoms with Gasteiger partial charge in [0.05, 0.1) is 38.0 Å². The number of ether oxygens (including phenoxy) is 1. The number of benzene rings is 1. The molecule has 1 aliphatic rings. The molecule has 0 saturated heterocycles. The first-order valence-electron chi connectivity index (χ1n) is 11.0. The first kappa shape index (κ1) is 22.3. The lowest BCUT2D eigenvalue weighted by molar-refractivity contribution is -0.114. The largest absolute Gasteiger partial charge is 0.493 e. The van der Waals surface area contributed by atoms with Crippen molar-refractivity contribution in [3.8, 4) is 23.1 Å². The number of aromatic nitrogens is 4. The van der Waals surface area contributed by atoms with Crippen LogP contribution in [0.5, 0.6) is 5.75 Å². The van der Waals surface area contributed by atoms with E-state index in [9.17, 15) is 10.1 Å². The van der Waals surface area contributed by atoms with Crippen LogP contribution in [0.1, 0.15) is 45.1 Å². The van der Waals surface area contributed by atoms with E-state index < -0.39 is 0 Å². The van der Waals surface area contributed by atoms with Crippen LogP contribution < -0.4 is 15.4 Å². The number of hydrogen-bond donors (Lipinski definition) is 2. The Kier molecular flexibility index (Phi) is 6.83. The van der Waals surface area contributed by atoms with E-state index in [1.54, 1.807) is 31.6 Å². The zero-order valence-corrected chi connectivity index (χ0v) is 18.8. The Morgan fingerprint density at radius 3 is 2.64 bits per heavy atom. The summed E-state index contributed by atoms with van der Waals surface area (Å²) in [6.07, 6.45) is 10.4. The molecular formula is C24H27N7O2. The summed E-state index contributed by atoms with van der Waals surface area (Å²) < 4.78 is 7.40. The lowest BCUT2D eigenvalue weighted by atomic mass is 9.96. The summed E-state index contributed by atoms with van der Waals surface area (Å²) in [5.41, 5.74) is 2.93. The molecule has 0 spiro atoms. The van der Waals surface area contributed by atoms with Crippen LogP contribution in [-0.4, -0.2) is 32.8 Å². The minimum Gasteiger partial charge on any atom is -0.493 e. The fraction of sp³-hybridized carbons (Fsp3) is 0.375. The summed E-state index contributed by atoms with van der Waals surface area (Å²) in [4.78, 5) is 20.2. The average Bonchev–Trinajstić information content (AvgIpc) is 3.51. The van der Waals surface area contributed by atoms with Crippen LogP contribution >= 0.6 is 0 Å². The van der Waals surface area contributed by atoms with E-state index in [1.807, 2.05) is 23.0 Å². The first-order chi connectivity index (χ1) is 16.1. The van der Waals surface area contributed by atoms with E-state index >= 15 is 0 Å². The Labute approximate surface area is 192 Å². The van der Waals surface area contributed by atoms with Crippen molar-refractivity contribution in [2.45, 2.75) is 45.1 Å². The predicted molar refractivity (Wildman–Crippen MR) is 125 cm³/mol. The second kappa shape index (κ2) is 10.1. The second-order valence-corrected chi connectivity index (χ2v) is 8.18. The molecule has 1 amide bonds. The van der Waals surface area contributed by atoms with Crippen molar-refractivity contribution in [3.63, 3.8) is 0 Å². The maximum absolute atomic E-state index is 11.2. The fourth-order valence-corrected chi connectivity index (χ4v) is 4.31. The third kappa shape index (κ3) is 5.29. The molecule has 1 unspecified atom stereocenters. The van der Waals surface area contributed by atoms with Gasteiger partial charge < -0.3 is 15.4 Å². The van der Waals surface area contributed by atoms with Crippen LogP contribution in [0.3, 0.4) is 0 Å². The molecule has 170 valence electrons. The molecule has 0 aliphatic heterocycles. The number of nitrogens with zero attached hydrogens (tertiary/aromatic N) is 5. The number of methoxy groups -OCH3 is 1. The molecule has 9 nitrogen and oxygen atoms in total. The molecular weight excluding hydrogens is 418 g/mol. The molecule has 2 N–H and O–H groups in total. The van der Waals surface area contributed by atoms with E-state index in [-0.39, 0.29) is 11.9 Å². The Morgan fingerprint density at radius 1 is 1.24 bits per heavy atom. The number of nitriles is 1. The van der Waals surface area contributed by atoms with Gasteiger partial charge in [-0.15, -0.1) is 0 Å². The highest BCUT2D eigenvalue weighted by atomic mass is 16.5. The molecule has 2 aromatic heterocycles. The minimum absolute atomic E-state index is 0.0683. The quantitative estimate of drug-likeness (QED) is 0.516. The van der Waals surface area contributed by atoms with Crippen LogP contribution in [0, 0.1) is 17.2 Å². The van der Waals surface area contributed by atoms with Gasteiger partial charge in [-0.25, -0.2) is 9.97 Å². The van der Waals surface area contributed by atoms with Crippen molar-refractivity contribution in [1.29, 1.82) is 5.26 Å². The van der Waals surface area contributed by atoms with Crippen molar-refractivity contribution in [2.75, 3.05) is 17.7 Å². The van der Waals surface area contributed by atoms with E-state index in [1.165, 1.54) is 19.8 Å². The topological polar surface area (TPSA) is 118 Å². The molecule has 1 atom stereocenters. The van der Waals surface area contributed by atoms with E-state index in [4.69, 9.17) is 4.74 Å². The third-order valence-electron chi connectivity index (χ3n) is 5.90. The number of anilines is 3. The molecule has 3 aromatic rings. The molecule has 33 heavy (non-hydrogen) atoms. The van der Waals surface area contributed by atoms with Crippen LogP contribution in [0.4, 0.5) is 17.3 Å². The Balaban J connectivity index is 1.57. The van der Waals surface area contributed by atoms with Gasteiger partial charge in [-0.3, -0.25) is 9.48 Å². The normalized spacial score (nSPS) is 14.5. The van der Waals surface area contributed by atoms with Crippen molar-refractivity contribution in [3.05, 3.63) is 42.9 Å². The molecule has 9 heteroatoms. The maximum atomic E-state index is 11.2. The van der Waals surface area contributed by atoms with Gasteiger partial charge in [0.1, 0.15) is 5.69 Å². The molecule has 1 aliphatic carbocycles. The fourth-order valence-electron chi connectivity index (χ4n) is 4.31. The third-order valence-corrected chi connectivity index (χ3v) is 5.90. The number of amides is 1. The number of nitrogens with one attached hydrogen (secondary N) is 2. The number of rotatable bonds is 8. The maximum Gasteiger partial charge on any atom is 0.227 e. The lowest BCUT2D eigenvalue weighted by Crippen LogP contribution is -2.17. The van der Waals surface area contributed by atoms with Crippen LogP contribution in [0.25, 0.3) is 11.3 Å². The lowest BCUT2D eigenvalue weighted by Gasteiger charge is -2.21. The SMILES string of the molecule is COc1cnc(Nc2ccc(NC(C)=O)cc2)nc1-c1cnn(C(CC#N)C2CCCC2)c1. The van der Waals surface area contributed by atoms with Crippen molar-refractivity contribution in [2.24, 2.45) is 5.92 Å². The van der Waals surface area contributed by atoms with Crippen molar-refractivity contribution in [1.82, 2.24) is 19.7 Å². The molecule has 0 radical (unpaired) electrons. The Hall–Kier alpha value is -3.93. The van der Waals surface area contributed by atoms with Gasteiger partial charge in [-0.05, 0) is 43.0 Å². The van der Waals surface area contributed by atoms with Crippen LogP contribution in [-0.2, 0) is 4.79 Å². The van der Waals surface area contributed by atoms with Gasteiger partial charge in [-0.1, -0.05) is 12.8 Å². The standard InChI is InChI=1S/C24H27N7O2/c1-16(32)28-19-7-9-20(10-8-19)29-24-26-14-22(33-2)23(30-24)18-13-27-31(15-18)21(11-12-25)17-5-3-4-6-17/h7-10,13-15,17,21H,3-6,11H2,1-2H3,(H,28,32)(H,26,29,30). The van der Waals surface area contributed by atoms with E-state index in [0.29, 0.717) is 35.4 Å². The Bertz CT molecular complexity index is 1140. The zero-order valence-electron chi connectivity index (χ0n) is 18.8. The Morgan fingerprint density at radius 2 is 1.97 bits per heavy atom. The molecule has 2 heterocycles. The molecule has 0 bridgehead atoms. The van der Waals surface area contributed by atoms with Gasteiger partial charge in [-0.2, -0.15) is 10.4 Å². The predicted octanol–water partition coefficient (Wildman–Crippen LogP) is 4.70. The summed E-state index contributed by atoms with van der Waals surface area (Å²) in [6, 6.07) is 9.67. The number of carbonyl (C=O) groups is 1. The van der Waals surface area contributed by atoms with Crippen LogP contribution in [0.15, 0.2) is 42.9 Å². The number of carbonyl (C=O) groups excluding carboxylic acids is 1. The van der Waals surface area contributed by atoms with Gasteiger partial charge in [0.2, 0.25) is 11.9 Å². The molecule has 1 fully saturated rings. The van der Waals surface area contributed by atoms with E-state index in [0.717, 1.165) is 24.1 Å². The average molecular weight is 446 g/mol. The minimum atomic E-state index is -0.121. The van der Waals surface area contributed by atoms with Gasteiger partial charge in [0, 0.05) is 30.1 Å². The summed E-state index contributed by atoms with van der Waals surface area (Å²) in [6.45, 7) is 1.47. The number of hydrogen-bond acceptors (Lipinski definition) is 7. The zero-order chi connectivity index (χ0) is 23.2. The summed E-state index contributed by atoms with van der Waals surface area (Å²) in [5.74, 6) is 1.31. The van der Waals surface area contributed by atoms with Gasteiger partial charge in [0.15, 0.2) is 5.75 Å². The molecule has 1 aromatic carbocycles. The van der Waals surface area contributed by atoms with Gasteiger partial charge in [0.25, 0.3) is 0 Å². The highest BCUT2D eigenvalue weighted by molar-refractivity contribution is 5.88. The summed E-state index contributed by atoms with van der Waals surface area (Å²) in [5, 5.41) is 19.8. The van der Waals surface area contributed by atoms with Gasteiger partial charge >= 0.3 is 0 Å².